The molecule has 3 nitrogen and oxygen atoms in total. The summed E-state index contributed by atoms with van der Waals surface area (Å²) >= 11 is 5.97. The van der Waals surface area contributed by atoms with Gasteiger partial charge in [0.15, 0.2) is 0 Å². The van der Waals surface area contributed by atoms with Crippen LogP contribution in [-0.4, -0.2) is 12.5 Å². The van der Waals surface area contributed by atoms with E-state index in [1.807, 2.05) is 12.1 Å². The third kappa shape index (κ3) is 2.05. The summed E-state index contributed by atoms with van der Waals surface area (Å²) in [6.07, 6.45) is 3.89. The molecule has 0 saturated heterocycles. The van der Waals surface area contributed by atoms with E-state index in [4.69, 9.17) is 11.6 Å². The van der Waals surface area contributed by atoms with Crippen molar-refractivity contribution in [3.05, 3.63) is 28.8 Å². The van der Waals surface area contributed by atoms with Crippen LogP contribution in [0.5, 0.6) is 0 Å². The Labute approximate surface area is 106 Å². The molecule has 17 heavy (non-hydrogen) atoms. The molecule has 0 spiro atoms. The molecule has 1 unspecified atom stereocenters. The Balaban J connectivity index is 1.75. The van der Waals surface area contributed by atoms with E-state index in [-0.39, 0.29) is 11.9 Å². The molecule has 1 aromatic rings. The number of halogens is 1. The highest BCUT2D eigenvalue weighted by Crippen LogP contribution is 2.33. The van der Waals surface area contributed by atoms with Gasteiger partial charge in [0, 0.05) is 16.3 Å². The van der Waals surface area contributed by atoms with Crippen LogP contribution in [0.15, 0.2) is 18.2 Å². The summed E-state index contributed by atoms with van der Waals surface area (Å²) in [6, 6.07) is 5.30. The van der Waals surface area contributed by atoms with Crippen molar-refractivity contribution < 1.29 is 4.79 Å². The SMILES string of the molecule is O=C1Nc2ccc(Cl)cc2C1NCC1CCC1. The zero-order valence-electron chi connectivity index (χ0n) is 9.50. The van der Waals surface area contributed by atoms with Crippen LogP contribution in [0.1, 0.15) is 30.9 Å². The van der Waals surface area contributed by atoms with E-state index in [0.29, 0.717) is 5.02 Å². The second-order valence-corrected chi connectivity index (χ2v) is 5.30. The Morgan fingerprint density at radius 2 is 2.24 bits per heavy atom. The monoisotopic (exact) mass is 250 g/mol. The van der Waals surface area contributed by atoms with Gasteiger partial charge < -0.3 is 10.6 Å². The van der Waals surface area contributed by atoms with Crippen molar-refractivity contribution in [1.29, 1.82) is 0 Å². The third-order valence-electron chi connectivity index (χ3n) is 3.68. The van der Waals surface area contributed by atoms with Crippen LogP contribution in [0.3, 0.4) is 0 Å². The van der Waals surface area contributed by atoms with E-state index >= 15 is 0 Å². The lowest BCUT2D eigenvalue weighted by molar-refractivity contribution is -0.117. The van der Waals surface area contributed by atoms with Crippen molar-refractivity contribution >= 4 is 23.2 Å². The molecule has 2 aliphatic rings. The molecule has 1 heterocycles. The van der Waals surface area contributed by atoms with Gasteiger partial charge >= 0.3 is 0 Å². The summed E-state index contributed by atoms with van der Waals surface area (Å²) in [5, 5.41) is 6.90. The standard InChI is InChI=1S/C13H15ClN2O/c14-9-4-5-11-10(6-9)12(13(17)16-11)15-7-8-2-1-3-8/h4-6,8,12,15H,1-3,7H2,(H,16,17). The maximum Gasteiger partial charge on any atom is 0.246 e. The minimum absolute atomic E-state index is 0.0293. The van der Waals surface area contributed by atoms with E-state index < -0.39 is 0 Å². The van der Waals surface area contributed by atoms with Gasteiger partial charge in [-0.1, -0.05) is 18.0 Å². The van der Waals surface area contributed by atoms with E-state index in [1.165, 1.54) is 19.3 Å². The molecule has 1 aliphatic carbocycles. The van der Waals surface area contributed by atoms with Crippen molar-refractivity contribution in [2.75, 3.05) is 11.9 Å². The molecule has 2 N–H and O–H groups in total. The molecule has 1 aromatic carbocycles. The van der Waals surface area contributed by atoms with Crippen LogP contribution in [0.2, 0.25) is 5.02 Å². The first kappa shape index (κ1) is 11.1. The van der Waals surface area contributed by atoms with Crippen LogP contribution in [-0.2, 0) is 4.79 Å². The molecule has 3 rings (SSSR count). The minimum atomic E-state index is -0.232. The van der Waals surface area contributed by atoms with Crippen LogP contribution in [0, 0.1) is 5.92 Å². The first-order valence-electron chi connectivity index (χ1n) is 6.08. The Hall–Kier alpha value is -1.06. The molecular weight excluding hydrogens is 236 g/mol. The highest BCUT2D eigenvalue weighted by molar-refractivity contribution is 6.31. The Morgan fingerprint density at radius 1 is 1.41 bits per heavy atom. The number of benzene rings is 1. The molecular formula is C13H15ClN2O. The highest BCUT2D eigenvalue weighted by Gasteiger charge is 2.31. The van der Waals surface area contributed by atoms with E-state index in [9.17, 15) is 4.79 Å². The highest BCUT2D eigenvalue weighted by atomic mass is 35.5. The normalized spacial score (nSPS) is 23.1. The quantitative estimate of drug-likeness (QED) is 0.866. The second kappa shape index (κ2) is 4.31. The van der Waals surface area contributed by atoms with Crippen molar-refractivity contribution in [3.63, 3.8) is 0 Å². The van der Waals surface area contributed by atoms with Crippen molar-refractivity contribution in [2.24, 2.45) is 5.92 Å². The molecule has 1 aliphatic heterocycles. The molecule has 4 heteroatoms. The summed E-state index contributed by atoms with van der Waals surface area (Å²) in [7, 11) is 0. The number of carbonyl (C=O) groups excluding carboxylic acids is 1. The molecule has 0 aromatic heterocycles. The second-order valence-electron chi connectivity index (χ2n) is 4.86. The van der Waals surface area contributed by atoms with Gasteiger partial charge in [-0.15, -0.1) is 0 Å². The number of amides is 1. The lowest BCUT2D eigenvalue weighted by Gasteiger charge is -2.26. The van der Waals surface area contributed by atoms with Gasteiger partial charge in [-0.2, -0.15) is 0 Å². The average Bonchev–Trinajstić information content (AvgIpc) is 2.53. The van der Waals surface area contributed by atoms with Crippen LogP contribution >= 0.6 is 11.6 Å². The zero-order valence-corrected chi connectivity index (χ0v) is 10.3. The van der Waals surface area contributed by atoms with Crippen molar-refractivity contribution in [1.82, 2.24) is 5.32 Å². The first-order chi connectivity index (χ1) is 8.24. The van der Waals surface area contributed by atoms with Gasteiger partial charge in [0.1, 0.15) is 6.04 Å². The number of nitrogens with one attached hydrogen (secondary N) is 2. The maximum absolute atomic E-state index is 11.8. The van der Waals surface area contributed by atoms with E-state index in [1.54, 1.807) is 6.07 Å². The summed E-state index contributed by atoms with van der Waals surface area (Å²) in [5.74, 6) is 0.771. The van der Waals surface area contributed by atoms with E-state index in [2.05, 4.69) is 10.6 Å². The van der Waals surface area contributed by atoms with Crippen LogP contribution in [0.4, 0.5) is 5.69 Å². The number of anilines is 1. The van der Waals surface area contributed by atoms with Gasteiger partial charge in [0.05, 0.1) is 0 Å². The minimum Gasteiger partial charge on any atom is -0.324 e. The fourth-order valence-corrected chi connectivity index (χ4v) is 2.60. The average molecular weight is 251 g/mol. The Morgan fingerprint density at radius 3 is 2.94 bits per heavy atom. The predicted octanol–water partition coefficient (Wildman–Crippen LogP) is 2.72. The van der Waals surface area contributed by atoms with Crippen molar-refractivity contribution in [2.45, 2.75) is 25.3 Å². The molecule has 1 amide bonds. The molecule has 0 bridgehead atoms. The Kier molecular flexibility index (Phi) is 2.81. The van der Waals surface area contributed by atoms with Crippen LogP contribution < -0.4 is 10.6 Å². The molecule has 1 saturated carbocycles. The molecule has 0 radical (unpaired) electrons. The van der Waals surface area contributed by atoms with Gasteiger partial charge in [-0.05, 0) is 43.5 Å². The predicted molar refractivity (Wildman–Crippen MR) is 68.2 cm³/mol. The lowest BCUT2D eigenvalue weighted by Crippen LogP contribution is -2.33. The number of carbonyl (C=O) groups is 1. The smallest absolute Gasteiger partial charge is 0.246 e. The molecule has 1 fully saturated rings. The fourth-order valence-electron chi connectivity index (χ4n) is 2.42. The zero-order chi connectivity index (χ0) is 11.8. The van der Waals surface area contributed by atoms with Gasteiger partial charge in [-0.25, -0.2) is 0 Å². The number of hydrogen-bond acceptors (Lipinski definition) is 2. The largest absolute Gasteiger partial charge is 0.324 e. The van der Waals surface area contributed by atoms with Gasteiger partial charge in [0.25, 0.3) is 0 Å². The van der Waals surface area contributed by atoms with Gasteiger partial charge in [0.2, 0.25) is 5.91 Å². The fraction of sp³-hybridized carbons (Fsp3) is 0.462. The third-order valence-corrected chi connectivity index (χ3v) is 3.92. The summed E-state index contributed by atoms with van der Waals surface area (Å²) < 4.78 is 0. The topological polar surface area (TPSA) is 41.1 Å². The van der Waals surface area contributed by atoms with Crippen molar-refractivity contribution in [3.8, 4) is 0 Å². The number of fused-ring (bicyclic) bond motifs is 1. The maximum atomic E-state index is 11.8. The summed E-state index contributed by atoms with van der Waals surface area (Å²) in [6.45, 7) is 0.921. The van der Waals surface area contributed by atoms with Gasteiger partial charge in [-0.3, -0.25) is 4.79 Å². The first-order valence-corrected chi connectivity index (χ1v) is 6.45. The number of rotatable bonds is 3. The molecule has 90 valence electrons. The number of hydrogen-bond donors (Lipinski definition) is 2. The van der Waals surface area contributed by atoms with Crippen LogP contribution in [0.25, 0.3) is 0 Å². The summed E-state index contributed by atoms with van der Waals surface area (Å²) in [5.41, 5.74) is 1.85. The summed E-state index contributed by atoms with van der Waals surface area (Å²) in [4.78, 5) is 11.8. The lowest BCUT2D eigenvalue weighted by atomic mass is 9.85. The molecule has 1 atom stereocenters. The van der Waals surface area contributed by atoms with E-state index in [0.717, 1.165) is 23.7 Å². The Bertz CT molecular complexity index is 457.